The van der Waals surface area contributed by atoms with E-state index in [1.165, 1.54) is 44.9 Å². The molecule has 0 bridgehead atoms. The van der Waals surface area contributed by atoms with Crippen molar-refractivity contribution in [2.75, 3.05) is 47.5 Å². The molecule has 3 atom stereocenters. The zero-order valence-corrected chi connectivity index (χ0v) is 37.5. The average molecular weight is 824 g/mol. The summed E-state index contributed by atoms with van der Waals surface area (Å²) in [5, 5.41) is 9.28. The second-order valence-electron chi connectivity index (χ2n) is 16.0. The molecule has 0 aliphatic heterocycles. The van der Waals surface area contributed by atoms with E-state index < -0.39 is 32.5 Å². The van der Waals surface area contributed by atoms with Crippen molar-refractivity contribution in [2.24, 2.45) is 0 Å². The predicted molar refractivity (Wildman–Crippen MR) is 232 cm³/mol. The summed E-state index contributed by atoms with van der Waals surface area (Å²) < 4.78 is 33.8. The first kappa shape index (κ1) is 54.7. The van der Waals surface area contributed by atoms with E-state index in [1.54, 1.807) is 0 Å². The maximum atomic E-state index is 12.6. The molecule has 0 aliphatic rings. The number of esters is 2. The molecule has 0 rings (SSSR count). The van der Waals surface area contributed by atoms with Gasteiger partial charge in [0.05, 0.1) is 33.9 Å². The summed E-state index contributed by atoms with van der Waals surface area (Å²) in [4.78, 5) is 37.5. The van der Waals surface area contributed by atoms with Gasteiger partial charge in [0, 0.05) is 12.8 Å². The van der Waals surface area contributed by atoms with Crippen molar-refractivity contribution in [2.45, 2.75) is 174 Å². The first-order valence-electron chi connectivity index (χ1n) is 22.0. The quantitative estimate of drug-likeness (QED) is 0.0212. The molecule has 330 valence electrons. The lowest BCUT2D eigenvalue weighted by molar-refractivity contribution is -0.870. The van der Waals surface area contributed by atoms with Crippen LogP contribution in [0, 0.1) is 0 Å². The number of hydrogen-bond acceptors (Lipinski definition) is 9. The lowest BCUT2D eigenvalue weighted by atomic mass is 10.1. The molecule has 0 aromatic rings. The summed E-state index contributed by atoms with van der Waals surface area (Å²) in [5.41, 5.74) is 0. The molecule has 0 fully saturated rings. The van der Waals surface area contributed by atoms with Crippen LogP contribution in [0.25, 0.3) is 0 Å². The number of ether oxygens (including phenoxy) is 2. The van der Waals surface area contributed by atoms with Crippen molar-refractivity contribution in [3.63, 3.8) is 0 Å². The number of aliphatic hydroxyl groups excluding tert-OH is 1. The minimum absolute atomic E-state index is 0.0504. The highest BCUT2D eigenvalue weighted by atomic mass is 31.2. The van der Waals surface area contributed by atoms with Gasteiger partial charge in [0.1, 0.15) is 19.8 Å². The molecule has 57 heavy (non-hydrogen) atoms. The van der Waals surface area contributed by atoms with Crippen LogP contribution >= 0.6 is 7.82 Å². The zero-order valence-electron chi connectivity index (χ0n) is 36.6. The van der Waals surface area contributed by atoms with Crippen molar-refractivity contribution < 1.29 is 47.2 Å². The molecule has 0 spiro atoms. The van der Waals surface area contributed by atoms with Crippen LogP contribution in [0.3, 0.4) is 0 Å². The van der Waals surface area contributed by atoms with Crippen LogP contribution in [0.4, 0.5) is 0 Å². The number of hydrogen-bond donors (Lipinski definition) is 1. The molecule has 0 aromatic carbocycles. The SMILES string of the molecule is CCCCCCCC/C=C\CCCCCCCC(=O)OC[C@H](COP(=O)([O-])OCC[N+](C)(C)C)OC(=O)CCC/C=C\C/C=C\C/C=C\C/C=C\CCC[C@H](C)O. The number of unbranched alkanes of at least 4 members (excludes halogenated alkanes) is 13. The summed E-state index contributed by atoms with van der Waals surface area (Å²) in [6.45, 7) is 3.67. The minimum atomic E-state index is -4.65. The van der Waals surface area contributed by atoms with Gasteiger partial charge in [0.25, 0.3) is 7.82 Å². The van der Waals surface area contributed by atoms with E-state index >= 15 is 0 Å². The lowest BCUT2D eigenvalue weighted by Gasteiger charge is -2.28. The highest BCUT2D eigenvalue weighted by Crippen LogP contribution is 2.38. The molecule has 0 heterocycles. The van der Waals surface area contributed by atoms with Crippen molar-refractivity contribution in [1.29, 1.82) is 0 Å². The number of quaternary nitrogens is 1. The van der Waals surface area contributed by atoms with Crippen LogP contribution in [-0.4, -0.2) is 81.2 Å². The fourth-order valence-electron chi connectivity index (χ4n) is 5.54. The molecule has 11 heteroatoms. The summed E-state index contributed by atoms with van der Waals surface area (Å²) in [6, 6.07) is 0. The number of rotatable bonds is 39. The number of aliphatic hydroxyl groups is 1. The summed E-state index contributed by atoms with van der Waals surface area (Å²) in [6.07, 6.45) is 42.4. The van der Waals surface area contributed by atoms with Gasteiger partial charge in [-0.25, -0.2) is 0 Å². The fourth-order valence-corrected chi connectivity index (χ4v) is 6.27. The second kappa shape index (κ2) is 37.9. The van der Waals surface area contributed by atoms with E-state index in [9.17, 15) is 24.2 Å². The van der Waals surface area contributed by atoms with Crippen LogP contribution < -0.4 is 4.89 Å². The normalized spacial score (nSPS) is 14.7. The molecular formula is C46H82NO9P. The van der Waals surface area contributed by atoms with E-state index in [0.29, 0.717) is 30.3 Å². The molecule has 0 saturated heterocycles. The highest BCUT2D eigenvalue weighted by molar-refractivity contribution is 7.45. The van der Waals surface area contributed by atoms with E-state index in [4.69, 9.17) is 18.5 Å². The molecular weight excluding hydrogens is 741 g/mol. The molecule has 0 aromatic heterocycles. The monoisotopic (exact) mass is 824 g/mol. The van der Waals surface area contributed by atoms with Crippen LogP contribution in [0.1, 0.15) is 162 Å². The van der Waals surface area contributed by atoms with Gasteiger partial charge in [0.15, 0.2) is 6.10 Å². The molecule has 0 amide bonds. The van der Waals surface area contributed by atoms with E-state index in [2.05, 4.69) is 61.6 Å². The zero-order chi connectivity index (χ0) is 42.3. The number of carbonyl (C=O) groups excluding carboxylic acids is 2. The number of allylic oxidation sites excluding steroid dienone is 10. The van der Waals surface area contributed by atoms with Crippen LogP contribution in [0.5, 0.6) is 0 Å². The molecule has 1 N–H and O–H groups in total. The third-order valence-corrected chi connectivity index (χ3v) is 9.99. The van der Waals surface area contributed by atoms with Gasteiger partial charge in [-0.05, 0) is 90.4 Å². The molecule has 1 unspecified atom stereocenters. The van der Waals surface area contributed by atoms with Gasteiger partial charge < -0.3 is 33.0 Å². The van der Waals surface area contributed by atoms with E-state index in [-0.39, 0.29) is 32.2 Å². The van der Waals surface area contributed by atoms with Gasteiger partial charge >= 0.3 is 11.9 Å². The number of carbonyl (C=O) groups is 2. The standard InChI is InChI=1S/C46H82NO9P/c1-6-7-8-9-10-11-12-13-15-19-22-25-28-31-34-37-45(49)53-41-44(42-55-57(51,52)54-40-39-47(3,4)5)56-46(50)38-35-32-29-26-23-20-17-14-16-18-21-24-27-30-33-36-43(2)48/h13,15-18,20,24,26-27,29,43-44,48H,6-12,14,19,21-23,25,28,30-42H2,1-5H3/b15-13-,18-16-,20-17-,27-24-,29-26-/t43-,44+/m0/s1. The Morgan fingerprint density at radius 2 is 1.11 bits per heavy atom. The topological polar surface area (TPSA) is 131 Å². The Hall–Kier alpha value is -2.33. The van der Waals surface area contributed by atoms with Gasteiger partial charge in [0.2, 0.25) is 0 Å². The lowest BCUT2D eigenvalue weighted by Crippen LogP contribution is -2.37. The maximum absolute atomic E-state index is 12.6. The molecule has 10 nitrogen and oxygen atoms in total. The van der Waals surface area contributed by atoms with Gasteiger partial charge in [-0.3, -0.25) is 14.2 Å². The Labute approximate surface area is 348 Å². The first-order chi connectivity index (χ1) is 27.3. The number of likely N-dealkylation sites (N-methyl/N-ethyl adjacent to an activating group) is 1. The van der Waals surface area contributed by atoms with E-state index in [0.717, 1.165) is 70.6 Å². The number of phosphoric acid groups is 1. The molecule has 0 saturated carbocycles. The predicted octanol–water partition coefficient (Wildman–Crippen LogP) is 10.8. The third kappa shape index (κ3) is 43.1. The van der Waals surface area contributed by atoms with Crippen molar-refractivity contribution >= 4 is 19.8 Å². The van der Waals surface area contributed by atoms with Gasteiger partial charge in [-0.15, -0.1) is 0 Å². The van der Waals surface area contributed by atoms with Crippen LogP contribution in [-0.2, 0) is 32.7 Å². The minimum Gasteiger partial charge on any atom is -0.756 e. The average Bonchev–Trinajstić information content (AvgIpc) is 3.14. The second-order valence-corrected chi connectivity index (χ2v) is 17.4. The maximum Gasteiger partial charge on any atom is 0.306 e. The summed E-state index contributed by atoms with van der Waals surface area (Å²) in [5.74, 6) is -0.931. The Morgan fingerprint density at radius 1 is 0.632 bits per heavy atom. The highest BCUT2D eigenvalue weighted by Gasteiger charge is 2.21. The Balaban J connectivity index is 4.48. The van der Waals surface area contributed by atoms with Crippen LogP contribution in [0.15, 0.2) is 60.8 Å². The summed E-state index contributed by atoms with van der Waals surface area (Å²) >= 11 is 0. The Kier molecular flexibility index (Phi) is 36.4. The van der Waals surface area contributed by atoms with Crippen LogP contribution in [0.2, 0.25) is 0 Å². The number of phosphoric ester groups is 1. The number of nitrogens with zero attached hydrogens (tertiary/aromatic N) is 1. The van der Waals surface area contributed by atoms with Crippen molar-refractivity contribution in [3.05, 3.63) is 60.8 Å². The largest absolute Gasteiger partial charge is 0.756 e. The molecule has 0 radical (unpaired) electrons. The van der Waals surface area contributed by atoms with Gasteiger partial charge in [-0.2, -0.15) is 0 Å². The van der Waals surface area contributed by atoms with E-state index in [1.807, 2.05) is 34.1 Å². The summed E-state index contributed by atoms with van der Waals surface area (Å²) in [7, 11) is 1.10. The Morgan fingerprint density at radius 3 is 1.67 bits per heavy atom. The first-order valence-corrected chi connectivity index (χ1v) is 23.5. The Bertz CT molecular complexity index is 1170. The third-order valence-electron chi connectivity index (χ3n) is 9.03. The molecule has 0 aliphatic carbocycles. The fraction of sp³-hybridized carbons (Fsp3) is 0.739. The van der Waals surface area contributed by atoms with Crippen molar-refractivity contribution in [3.8, 4) is 0 Å². The van der Waals surface area contributed by atoms with Gasteiger partial charge in [-0.1, -0.05) is 119 Å². The van der Waals surface area contributed by atoms with Crippen molar-refractivity contribution in [1.82, 2.24) is 0 Å². The smallest absolute Gasteiger partial charge is 0.306 e.